The number of hydrogen-bond acceptors (Lipinski definition) is 7. The number of likely N-dealkylation sites (N-methyl/N-ethyl adjacent to an activating group) is 1. The number of aryl methyl sites for hydroxylation is 1. The van der Waals surface area contributed by atoms with Crippen molar-refractivity contribution in [3.63, 3.8) is 0 Å². The van der Waals surface area contributed by atoms with Gasteiger partial charge in [-0.25, -0.2) is 9.79 Å². The summed E-state index contributed by atoms with van der Waals surface area (Å²) >= 11 is 0. The van der Waals surface area contributed by atoms with Gasteiger partial charge in [-0.15, -0.1) is 0 Å². The first kappa shape index (κ1) is 26.8. The molecule has 0 fully saturated rings. The average Bonchev–Trinajstić information content (AvgIpc) is 3.23. The molecule has 8 nitrogen and oxygen atoms in total. The molecule has 1 aromatic heterocycles. The lowest BCUT2D eigenvalue weighted by molar-refractivity contribution is 0.0599. The molecule has 1 heterocycles. The highest BCUT2D eigenvalue weighted by Crippen LogP contribution is 2.33. The smallest absolute Gasteiger partial charge is 0.338 e. The van der Waals surface area contributed by atoms with Gasteiger partial charge in [0, 0.05) is 28.6 Å². The summed E-state index contributed by atoms with van der Waals surface area (Å²) in [6.45, 7) is 3.06. The fraction of sp³-hybridized carbons (Fsp3) is 0.233. The molecular weight excluding hydrogens is 482 g/mol. The third-order valence-corrected chi connectivity index (χ3v) is 6.16. The Balaban J connectivity index is 1.71. The standard InChI is InChI=1S/C30H31N3O5/c1-19-16-24-25(17-23(19)30(36)37-4)32-29(35)27(24)28(21-8-6-5-7-9-21)31-22-12-10-20(11-13-22)26(34)18-38-15-14-33(2)3/h5-13,16-17,32,35H,14-15,18H2,1-4H3. The SMILES string of the molecule is COC(=O)c1cc2[nH]c(O)c(C(=Nc3ccc(C(=O)COCCN(C)C)cc3)c3ccccc3)c2cc1C. The molecule has 38 heavy (non-hydrogen) atoms. The second-order valence-corrected chi connectivity index (χ2v) is 9.21. The maximum absolute atomic E-state index is 12.5. The van der Waals surface area contributed by atoms with E-state index in [9.17, 15) is 14.7 Å². The molecule has 0 aliphatic heterocycles. The lowest BCUT2D eigenvalue weighted by Crippen LogP contribution is -2.20. The summed E-state index contributed by atoms with van der Waals surface area (Å²) in [5, 5.41) is 11.7. The Bertz CT molecular complexity index is 1470. The van der Waals surface area contributed by atoms with Gasteiger partial charge in [-0.3, -0.25) is 4.79 Å². The predicted molar refractivity (Wildman–Crippen MR) is 148 cm³/mol. The minimum atomic E-state index is -0.449. The van der Waals surface area contributed by atoms with Crippen LogP contribution in [-0.4, -0.2) is 73.4 Å². The number of H-pyrrole nitrogens is 1. The number of esters is 1. The van der Waals surface area contributed by atoms with E-state index in [1.807, 2.05) is 62.3 Å². The zero-order valence-electron chi connectivity index (χ0n) is 21.9. The molecule has 8 heteroatoms. The molecule has 4 aromatic rings. The van der Waals surface area contributed by atoms with Crippen molar-refractivity contribution in [2.75, 3.05) is 41.0 Å². The van der Waals surface area contributed by atoms with E-state index in [0.717, 1.165) is 17.5 Å². The van der Waals surface area contributed by atoms with Gasteiger partial charge >= 0.3 is 5.97 Å². The molecule has 0 radical (unpaired) electrons. The van der Waals surface area contributed by atoms with E-state index in [2.05, 4.69) is 4.98 Å². The number of aromatic amines is 1. The van der Waals surface area contributed by atoms with Gasteiger partial charge in [-0.05, 0) is 63.0 Å². The number of aromatic nitrogens is 1. The quantitative estimate of drug-likeness (QED) is 0.135. The van der Waals surface area contributed by atoms with Gasteiger partial charge in [0.15, 0.2) is 11.7 Å². The Morgan fingerprint density at radius 2 is 1.71 bits per heavy atom. The highest BCUT2D eigenvalue weighted by Gasteiger charge is 2.21. The molecule has 2 N–H and O–H groups in total. The van der Waals surface area contributed by atoms with Crippen molar-refractivity contribution in [1.82, 2.24) is 9.88 Å². The minimum Gasteiger partial charge on any atom is -0.494 e. The summed E-state index contributed by atoms with van der Waals surface area (Å²) in [5.74, 6) is -0.617. The molecule has 0 saturated heterocycles. The van der Waals surface area contributed by atoms with Crippen LogP contribution in [0.25, 0.3) is 10.9 Å². The van der Waals surface area contributed by atoms with Gasteiger partial charge in [0.05, 0.1) is 36.2 Å². The van der Waals surface area contributed by atoms with Crippen LogP contribution in [0.4, 0.5) is 5.69 Å². The van der Waals surface area contributed by atoms with Crippen LogP contribution in [0.1, 0.15) is 37.4 Å². The fourth-order valence-corrected chi connectivity index (χ4v) is 4.11. The fourth-order valence-electron chi connectivity index (χ4n) is 4.11. The summed E-state index contributed by atoms with van der Waals surface area (Å²) < 4.78 is 10.4. The van der Waals surface area contributed by atoms with Crippen LogP contribution in [0.5, 0.6) is 5.88 Å². The van der Waals surface area contributed by atoms with Crippen LogP contribution >= 0.6 is 0 Å². The van der Waals surface area contributed by atoms with Crippen molar-refractivity contribution in [3.8, 4) is 5.88 Å². The number of carbonyl (C=O) groups is 2. The molecule has 3 aromatic carbocycles. The number of carbonyl (C=O) groups excluding carboxylic acids is 2. The molecule has 0 aliphatic carbocycles. The summed E-state index contributed by atoms with van der Waals surface area (Å²) in [6, 6.07) is 20.0. The molecule has 0 atom stereocenters. The molecule has 0 unspecified atom stereocenters. The van der Waals surface area contributed by atoms with Crippen LogP contribution in [0.3, 0.4) is 0 Å². The first-order chi connectivity index (χ1) is 18.3. The minimum absolute atomic E-state index is 0.0157. The Morgan fingerprint density at radius 1 is 1.00 bits per heavy atom. The van der Waals surface area contributed by atoms with Crippen molar-refractivity contribution >= 4 is 34.1 Å². The number of Topliss-reactive ketones (excluding diaryl/α,β-unsaturated/α-hetero) is 1. The topological polar surface area (TPSA) is 104 Å². The number of nitrogens with one attached hydrogen (secondary N) is 1. The van der Waals surface area contributed by atoms with E-state index in [-0.39, 0.29) is 18.3 Å². The Kier molecular flexibility index (Phi) is 8.35. The van der Waals surface area contributed by atoms with E-state index < -0.39 is 5.97 Å². The van der Waals surface area contributed by atoms with Gasteiger partial charge in [-0.1, -0.05) is 30.3 Å². The number of rotatable bonds is 10. The summed E-state index contributed by atoms with van der Waals surface area (Å²) in [4.78, 5) is 34.5. The number of fused-ring (bicyclic) bond motifs is 1. The van der Waals surface area contributed by atoms with Gasteiger partial charge in [0.25, 0.3) is 0 Å². The lowest BCUT2D eigenvalue weighted by atomic mass is 9.98. The monoisotopic (exact) mass is 513 g/mol. The molecule has 0 amide bonds. The number of methoxy groups -OCH3 is 1. The van der Waals surface area contributed by atoms with Crippen LogP contribution in [-0.2, 0) is 9.47 Å². The number of nitrogens with zero attached hydrogens (tertiary/aromatic N) is 2. The molecular formula is C30H31N3O5. The number of ether oxygens (including phenoxy) is 2. The van der Waals surface area contributed by atoms with E-state index >= 15 is 0 Å². The Labute approximate surface area is 221 Å². The van der Waals surface area contributed by atoms with Gasteiger partial charge in [0.1, 0.15) is 6.61 Å². The summed E-state index contributed by atoms with van der Waals surface area (Å²) in [6.07, 6.45) is 0. The van der Waals surface area contributed by atoms with E-state index in [0.29, 0.717) is 45.8 Å². The average molecular weight is 514 g/mol. The van der Waals surface area contributed by atoms with Crippen LogP contribution < -0.4 is 0 Å². The number of benzene rings is 3. The molecule has 0 saturated carbocycles. The molecule has 0 aliphatic rings. The van der Waals surface area contributed by atoms with Crippen molar-refractivity contribution in [1.29, 1.82) is 0 Å². The van der Waals surface area contributed by atoms with Crippen LogP contribution in [0.15, 0.2) is 71.7 Å². The Morgan fingerprint density at radius 3 is 2.37 bits per heavy atom. The van der Waals surface area contributed by atoms with Gasteiger partial charge in [-0.2, -0.15) is 0 Å². The van der Waals surface area contributed by atoms with Crippen LogP contribution in [0, 0.1) is 6.92 Å². The number of ketones is 1. The maximum atomic E-state index is 12.5. The third kappa shape index (κ3) is 5.99. The van der Waals surface area contributed by atoms with Crippen molar-refractivity contribution in [2.24, 2.45) is 4.99 Å². The largest absolute Gasteiger partial charge is 0.494 e. The molecule has 196 valence electrons. The first-order valence-corrected chi connectivity index (χ1v) is 12.2. The zero-order valence-corrected chi connectivity index (χ0v) is 21.9. The second kappa shape index (κ2) is 11.9. The zero-order chi connectivity index (χ0) is 27.2. The van der Waals surface area contributed by atoms with Crippen LogP contribution in [0.2, 0.25) is 0 Å². The highest BCUT2D eigenvalue weighted by molar-refractivity contribution is 6.22. The maximum Gasteiger partial charge on any atom is 0.338 e. The summed E-state index contributed by atoms with van der Waals surface area (Å²) in [5.41, 5.74) is 4.73. The summed E-state index contributed by atoms with van der Waals surface area (Å²) in [7, 11) is 5.23. The van der Waals surface area contributed by atoms with Crippen molar-refractivity contribution < 1.29 is 24.2 Å². The number of aromatic hydroxyl groups is 1. The van der Waals surface area contributed by atoms with Gasteiger partial charge < -0.3 is 24.5 Å². The molecule has 0 spiro atoms. The first-order valence-electron chi connectivity index (χ1n) is 12.2. The molecule has 0 bridgehead atoms. The lowest BCUT2D eigenvalue weighted by Gasteiger charge is -2.10. The van der Waals surface area contributed by atoms with E-state index in [1.54, 1.807) is 30.3 Å². The Hall–Kier alpha value is -4.27. The number of hydrogen-bond donors (Lipinski definition) is 2. The van der Waals surface area contributed by atoms with Gasteiger partial charge in [0.2, 0.25) is 0 Å². The van der Waals surface area contributed by atoms with Crippen molar-refractivity contribution in [3.05, 3.63) is 94.5 Å². The van der Waals surface area contributed by atoms with E-state index in [1.165, 1.54) is 7.11 Å². The van der Waals surface area contributed by atoms with E-state index in [4.69, 9.17) is 14.5 Å². The second-order valence-electron chi connectivity index (χ2n) is 9.21. The predicted octanol–water partition coefficient (Wildman–Crippen LogP) is 4.90. The third-order valence-electron chi connectivity index (χ3n) is 6.16. The highest BCUT2D eigenvalue weighted by atomic mass is 16.5. The van der Waals surface area contributed by atoms with Crippen molar-refractivity contribution in [2.45, 2.75) is 6.92 Å². The normalized spacial score (nSPS) is 11.8. The number of aliphatic imine (C=N–C) groups is 1. The molecule has 4 rings (SSSR count).